The van der Waals surface area contributed by atoms with Gasteiger partial charge in [-0.3, -0.25) is 4.79 Å². The molecular formula is C24H26N2O6S. The predicted octanol–water partition coefficient (Wildman–Crippen LogP) is 3.16. The number of ketones is 1. The van der Waals surface area contributed by atoms with Gasteiger partial charge in [-0.1, -0.05) is 6.07 Å². The Kier molecular flexibility index (Phi) is 7.04. The van der Waals surface area contributed by atoms with Gasteiger partial charge in [-0.05, 0) is 81.3 Å². The molecule has 0 amide bonds. The van der Waals surface area contributed by atoms with Gasteiger partial charge in [0.1, 0.15) is 5.75 Å². The third kappa shape index (κ3) is 5.68. The highest BCUT2D eigenvalue weighted by Gasteiger charge is 2.19. The highest BCUT2D eigenvalue weighted by molar-refractivity contribution is 7.89. The summed E-state index contributed by atoms with van der Waals surface area (Å²) in [6.45, 7) is 6.80. The number of aromatic nitrogens is 1. The topological polar surface area (TPSA) is 118 Å². The van der Waals surface area contributed by atoms with Crippen LogP contribution in [0, 0.1) is 27.7 Å². The van der Waals surface area contributed by atoms with E-state index in [-0.39, 0.29) is 17.3 Å². The molecule has 3 aromatic rings. The van der Waals surface area contributed by atoms with Gasteiger partial charge in [-0.2, -0.15) is 0 Å². The minimum Gasteiger partial charge on any atom is -0.482 e. The van der Waals surface area contributed by atoms with E-state index in [2.05, 4.69) is 0 Å². The molecule has 2 aromatic carbocycles. The molecule has 0 saturated heterocycles. The fourth-order valence-electron chi connectivity index (χ4n) is 3.44. The van der Waals surface area contributed by atoms with Crippen LogP contribution in [0.2, 0.25) is 0 Å². The summed E-state index contributed by atoms with van der Waals surface area (Å²) in [5, 5.41) is 5.14. The Bertz CT molecular complexity index is 1310. The average molecular weight is 471 g/mol. The van der Waals surface area contributed by atoms with Gasteiger partial charge in [0.25, 0.3) is 0 Å². The van der Waals surface area contributed by atoms with Crippen LogP contribution < -0.4 is 9.88 Å². The summed E-state index contributed by atoms with van der Waals surface area (Å²) >= 11 is 0. The first-order valence-corrected chi connectivity index (χ1v) is 11.7. The van der Waals surface area contributed by atoms with Gasteiger partial charge in [0.05, 0.1) is 4.90 Å². The van der Waals surface area contributed by atoms with E-state index in [1.165, 1.54) is 12.1 Å². The average Bonchev–Trinajstić information content (AvgIpc) is 3.06. The van der Waals surface area contributed by atoms with E-state index >= 15 is 0 Å². The molecule has 174 valence electrons. The summed E-state index contributed by atoms with van der Waals surface area (Å²) in [4.78, 5) is 24.7. The molecular weight excluding hydrogens is 444 g/mol. The van der Waals surface area contributed by atoms with Crippen LogP contribution in [0.15, 0.2) is 53.4 Å². The first-order valence-electron chi connectivity index (χ1n) is 10.2. The third-order valence-electron chi connectivity index (χ3n) is 5.35. The van der Waals surface area contributed by atoms with E-state index in [4.69, 9.17) is 14.6 Å². The number of carbonyl (C=O) groups is 2. The second-order valence-corrected chi connectivity index (χ2v) is 9.34. The first-order chi connectivity index (χ1) is 15.5. The minimum absolute atomic E-state index is 0.0000544. The molecule has 0 atom stereocenters. The Hall–Kier alpha value is -3.43. The standard InChI is InChI=1S/C24H26N2O6S/c1-15-5-8-20(11-16(15)2)31-14-24(28)32-13-23(27)22-12-17(3)26(18(22)4)19-6-9-21(10-7-19)33(25,29)30/h5-12H,13-14H2,1-4H3,(H2,25,29,30). The molecule has 0 aliphatic heterocycles. The van der Waals surface area contributed by atoms with Crippen molar-refractivity contribution in [3.05, 3.63) is 76.6 Å². The number of ether oxygens (including phenoxy) is 2. The number of nitrogens with two attached hydrogens (primary N) is 1. The number of nitrogens with zero attached hydrogens (tertiary/aromatic N) is 1. The Morgan fingerprint density at radius 2 is 1.58 bits per heavy atom. The summed E-state index contributed by atoms with van der Waals surface area (Å²) < 4.78 is 35.3. The largest absolute Gasteiger partial charge is 0.482 e. The number of hydrogen-bond donors (Lipinski definition) is 1. The van der Waals surface area contributed by atoms with Gasteiger partial charge >= 0.3 is 5.97 Å². The van der Waals surface area contributed by atoms with Crippen LogP contribution in [0.1, 0.15) is 32.9 Å². The maximum absolute atomic E-state index is 12.7. The summed E-state index contributed by atoms with van der Waals surface area (Å²) in [5.74, 6) is -0.442. The number of benzene rings is 2. The molecule has 0 bridgehead atoms. The number of Topliss-reactive ketones (excluding diaryl/α,β-unsaturated/α-hetero) is 1. The molecule has 0 aliphatic rings. The van der Waals surface area contributed by atoms with Crippen molar-refractivity contribution in [1.82, 2.24) is 4.57 Å². The summed E-state index contributed by atoms with van der Waals surface area (Å²) in [6.07, 6.45) is 0. The predicted molar refractivity (Wildman–Crippen MR) is 123 cm³/mol. The molecule has 8 nitrogen and oxygen atoms in total. The van der Waals surface area contributed by atoms with E-state index in [0.717, 1.165) is 16.8 Å². The number of sulfonamides is 1. The molecule has 0 saturated carbocycles. The monoisotopic (exact) mass is 470 g/mol. The zero-order valence-corrected chi connectivity index (χ0v) is 19.7. The Morgan fingerprint density at radius 3 is 2.18 bits per heavy atom. The lowest BCUT2D eigenvalue weighted by molar-refractivity contribution is -0.144. The normalized spacial score (nSPS) is 11.3. The minimum atomic E-state index is -3.79. The van der Waals surface area contributed by atoms with Gasteiger partial charge in [0.2, 0.25) is 15.8 Å². The van der Waals surface area contributed by atoms with Gasteiger partial charge < -0.3 is 14.0 Å². The summed E-state index contributed by atoms with van der Waals surface area (Å²) in [7, 11) is -3.79. The molecule has 9 heteroatoms. The molecule has 2 N–H and O–H groups in total. The Labute approximate surface area is 193 Å². The lowest BCUT2D eigenvalue weighted by Crippen LogP contribution is -2.20. The number of carbonyl (C=O) groups excluding carboxylic acids is 2. The van der Waals surface area contributed by atoms with Gasteiger partial charge in [0, 0.05) is 22.6 Å². The highest BCUT2D eigenvalue weighted by atomic mass is 32.2. The van der Waals surface area contributed by atoms with Gasteiger partial charge in [-0.25, -0.2) is 18.4 Å². The van der Waals surface area contributed by atoms with E-state index < -0.39 is 22.6 Å². The lowest BCUT2D eigenvalue weighted by atomic mass is 10.1. The maximum Gasteiger partial charge on any atom is 0.344 e. The maximum atomic E-state index is 12.7. The smallest absolute Gasteiger partial charge is 0.344 e. The molecule has 3 rings (SSSR count). The van der Waals surface area contributed by atoms with Crippen LogP contribution in [0.3, 0.4) is 0 Å². The number of primary sulfonamides is 1. The van der Waals surface area contributed by atoms with Gasteiger partial charge in [-0.15, -0.1) is 0 Å². The first kappa shape index (κ1) is 24.2. The van der Waals surface area contributed by atoms with Crippen molar-refractivity contribution in [2.24, 2.45) is 5.14 Å². The molecule has 1 heterocycles. The molecule has 33 heavy (non-hydrogen) atoms. The number of hydrogen-bond acceptors (Lipinski definition) is 6. The van der Waals surface area contributed by atoms with Crippen LogP contribution in [0.4, 0.5) is 0 Å². The van der Waals surface area contributed by atoms with Crippen LogP contribution >= 0.6 is 0 Å². The summed E-state index contributed by atoms with van der Waals surface area (Å²) in [5.41, 5.74) is 4.66. The molecule has 0 fully saturated rings. The van der Waals surface area contributed by atoms with Crippen molar-refractivity contribution in [2.75, 3.05) is 13.2 Å². The van der Waals surface area contributed by atoms with E-state index in [1.54, 1.807) is 31.2 Å². The van der Waals surface area contributed by atoms with E-state index in [1.807, 2.05) is 37.5 Å². The molecule has 0 aliphatic carbocycles. The Morgan fingerprint density at radius 1 is 0.909 bits per heavy atom. The van der Waals surface area contributed by atoms with E-state index in [0.29, 0.717) is 22.7 Å². The quantitative estimate of drug-likeness (QED) is 0.399. The molecule has 1 aromatic heterocycles. The molecule has 0 radical (unpaired) electrons. The fourth-order valence-corrected chi connectivity index (χ4v) is 3.95. The third-order valence-corrected chi connectivity index (χ3v) is 6.28. The Balaban J connectivity index is 1.64. The fraction of sp³-hybridized carbons (Fsp3) is 0.250. The van der Waals surface area contributed by atoms with Crippen LogP contribution in [0.5, 0.6) is 5.75 Å². The van der Waals surface area contributed by atoms with E-state index in [9.17, 15) is 18.0 Å². The van der Waals surface area contributed by atoms with Crippen molar-refractivity contribution in [3.8, 4) is 11.4 Å². The zero-order chi connectivity index (χ0) is 24.3. The van der Waals surface area contributed by atoms with Crippen molar-refractivity contribution < 1.29 is 27.5 Å². The second kappa shape index (κ2) is 9.60. The van der Waals surface area contributed by atoms with Gasteiger partial charge in [0.15, 0.2) is 13.2 Å². The highest BCUT2D eigenvalue weighted by Crippen LogP contribution is 2.22. The number of esters is 1. The SMILES string of the molecule is Cc1ccc(OCC(=O)OCC(=O)c2cc(C)n(-c3ccc(S(N)(=O)=O)cc3)c2C)cc1C. The summed E-state index contributed by atoms with van der Waals surface area (Å²) in [6, 6.07) is 13.2. The van der Waals surface area contributed by atoms with Crippen molar-refractivity contribution >= 4 is 21.8 Å². The number of rotatable bonds is 8. The van der Waals surface area contributed by atoms with Crippen LogP contribution in [-0.4, -0.2) is 38.0 Å². The van der Waals surface area contributed by atoms with Crippen molar-refractivity contribution in [2.45, 2.75) is 32.6 Å². The molecule has 0 spiro atoms. The molecule has 0 unspecified atom stereocenters. The van der Waals surface area contributed by atoms with Crippen LogP contribution in [-0.2, 0) is 19.6 Å². The van der Waals surface area contributed by atoms with Crippen molar-refractivity contribution in [1.29, 1.82) is 0 Å². The van der Waals surface area contributed by atoms with Crippen molar-refractivity contribution in [3.63, 3.8) is 0 Å². The second-order valence-electron chi connectivity index (χ2n) is 7.78. The number of aryl methyl sites for hydroxylation is 3. The lowest BCUT2D eigenvalue weighted by Gasteiger charge is -2.11. The zero-order valence-electron chi connectivity index (χ0n) is 18.9. The van der Waals surface area contributed by atoms with Crippen LogP contribution in [0.25, 0.3) is 5.69 Å².